The minimum absolute atomic E-state index is 0.239. The van der Waals surface area contributed by atoms with Gasteiger partial charge in [0.15, 0.2) is 0 Å². The third-order valence-electron chi connectivity index (χ3n) is 4.19. The van der Waals surface area contributed by atoms with Crippen LogP contribution < -0.4 is 4.72 Å². The molecule has 0 radical (unpaired) electrons. The molecule has 1 N–H and O–H groups in total. The maximum absolute atomic E-state index is 12.8. The van der Waals surface area contributed by atoms with Crippen LogP contribution in [0.25, 0.3) is 21.7 Å². The minimum atomic E-state index is -3.67. The highest BCUT2D eigenvalue weighted by Gasteiger charge is 2.16. The molecule has 0 atom stereocenters. The molecule has 0 bridgehead atoms. The Kier molecular flexibility index (Phi) is 3.66. The van der Waals surface area contributed by atoms with E-state index in [1.54, 1.807) is 36.5 Å². The topological polar surface area (TPSA) is 59.1 Å². The van der Waals surface area contributed by atoms with E-state index in [9.17, 15) is 8.42 Å². The average molecular weight is 348 g/mol. The molecule has 0 unspecified atom stereocenters. The Morgan fingerprint density at radius 1 is 0.840 bits per heavy atom. The molecule has 3 aromatic carbocycles. The van der Waals surface area contributed by atoms with Crippen molar-refractivity contribution in [2.75, 3.05) is 4.72 Å². The molecule has 0 amide bonds. The second-order valence-corrected chi connectivity index (χ2v) is 7.65. The number of nitrogens with zero attached hydrogens (tertiary/aromatic N) is 1. The predicted molar refractivity (Wildman–Crippen MR) is 101 cm³/mol. The van der Waals surface area contributed by atoms with Crippen LogP contribution in [-0.4, -0.2) is 13.4 Å². The van der Waals surface area contributed by atoms with Gasteiger partial charge in [0.2, 0.25) is 0 Å². The fourth-order valence-corrected chi connectivity index (χ4v) is 3.99. The first-order chi connectivity index (χ1) is 12.0. The smallest absolute Gasteiger partial charge is 0.261 e. The summed E-state index contributed by atoms with van der Waals surface area (Å²) in [5.41, 5.74) is 2.32. The number of pyridine rings is 1. The zero-order valence-corrected chi connectivity index (χ0v) is 14.4. The molecule has 0 saturated heterocycles. The van der Waals surface area contributed by atoms with E-state index < -0.39 is 10.0 Å². The monoisotopic (exact) mass is 348 g/mol. The lowest BCUT2D eigenvalue weighted by Crippen LogP contribution is -2.13. The highest BCUT2D eigenvalue weighted by atomic mass is 32.2. The molecule has 0 fully saturated rings. The van der Waals surface area contributed by atoms with Crippen molar-refractivity contribution in [1.82, 2.24) is 4.98 Å². The average Bonchev–Trinajstić information content (AvgIpc) is 2.61. The van der Waals surface area contributed by atoms with Gasteiger partial charge in [-0.15, -0.1) is 0 Å². The van der Waals surface area contributed by atoms with E-state index in [0.717, 1.165) is 27.2 Å². The quantitative estimate of drug-likeness (QED) is 0.555. The number of benzene rings is 3. The fourth-order valence-electron chi connectivity index (χ4n) is 2.92. The van der Waals surface area contributed by atoms with Gasteiger partial charge in [-0.2, -0.15) is 0 Å². The molecule has 0 saturated carbocycles. The van der Waals surface area contributed by atoms with Gasteiger partial charge >= 0.3 is 0 Å². The summed E-state index contributed by atoms with van der Waals surface area (Å²) in [4.78, 5) is 4.69. The number of sulfonamides is 1. The minimum Gasteiger partial charge on any atom is -0.279 e. The van der Waals surface area contributed by atoms with Crippen molar-refractivity contribution >= 4 is 37.4 Å². The lowest BCUT2D eigenvalue weighted by Gasteiger charge is -2.12. The van der Waals surface area contributed by atoms with Crippen LogP contribution in [0, 0.1) is 6.92 Å². The number of hydrogen-bond donors (Lipinski definition) is 1. The number of fused-ring (bicyclic) bond motifs is 3. The van der Waals surface area contributed by atoms with Gasteiger partial charge in [-0.1, -0.05) is 48.0 Å². The third kappa shape index (κ3) is 2.83. The first-order valence-electron chi connectivity index (χ1n) is 7.90. The van der Waals surface area contributed by atoms with Gasteiger partial charge in [0.05, 0.1) is 16.1 Å². The van der Waals surface area contributed by atoms with Crippen molar-refractivity contribution in [1.29, 1.82) is 0 Å². The van der Waals surface area contributed by atoms with E-state index >= 15 is 0 Å². The number of rotatable bonds is 3. The van der Waals surface area contributed by atoms with E-state index in [1.807, 2.05) is 43.3 Å². The van der Waals surface area contributed by atoms with Crippen molar-refractivity contribution < 1.29 is 8.42 Å². The molecule has 0 spiro atoms. The summed E-state index contributed by atoms with van der Waals surface area (Å²) in [6.07, 6.45) is 1.72. The molecule has 0 aliphatic rings. The zero-order valence-electron chi connectivity index (χ0n) is 13.6. The molecule has 4 nitrogen and oxygen atoms in total. The summed E-state index contributed by atoms with van der Waals surface area (Å²) in [6, 6.07) is 20.1. The van der Waals surface area contributed by atoms with Crippen molar-refractivity contribution in [3.8, 4) is 0 Å². The summed E-state index contributed by atoms with van der Waals surface area (Å²) >= 11 is 0. The number of aromatic nitrogens is 1. The Balaban J connectivity index is 1.89. The maximum Gasteiger partial charge on any atom is 0.261 e. The van der Waals surface area contributed by atoms with Gasteiger partial charge < -0.3 is 0 Å². The van der Waals surface area contributed by atoms with Gasteiger partial charge in [0.25, 0.3) is 10.0 Å². The van der Waals surface area contributed by atoms with Gasteiger partial charge in [-0.3, -0.25) is 9.71 Å². The number of hydrogen-bond acceptors (Lipinski definition) is 3. The molecule has 25 heavy (non-hydrogen) atoms. The lowest BCUT2D eigenvalue weighted by molar-refractivity contribution is 0.601. The van der Waals surface area contributed by atoms with Crippen molar-refractivity contribution in [2.24, 2.45) is 0 Å². The SMILES string of the molecule is Cc1ccc(S(=O)(=O)Nc2cccc3ccc4cccnc4c23)cc1. The Bertz CT molecular complexity index is 1180. The van der Waals surface area contributed by atoms with Gasteiger partial charge in [0.1, 0.15) is 0 Å². The summed E-state index contributed by atoms with van der Waals surface area (Å²) in [6.45, 7) is 1.92. The van der Waals surface area contributed by atoms with Gasteiger partial charge in [-0.05, 0) is 36.6 Å². The Hall–Kier alpha value is -2.92. The normalized spacial score (nSPS) is 11.7. The molecule has 5 heteroatoms. The largest absolute Gasteiger partial charge is 0.279 e. The number of anilines is 1. The third-order valence-corrected chi connectivity index (χ3v) is 5.57. The second kappa shape index (κ2) is 5.86. The second-order valence-electron chi connectivity index (χ2n) is 5.96. The van der Waals surface area contributed by atoms with E-state index in [4.69, 9.17) is 0 Å². The first-order valence-corrected chi connectivity index (χ1v) is 9.39. The Morgan fingerprint density at radius 3 is 2.36 bits per heavy atom. The number of aryl methyl sites for hydroxylation is 1. The molecule has 4 aromatic rings. The van der Waals surface area contributed by atoms with E-state index in [1.165, 1.54) is 0 Å². The van der Waals surface area contributed by atoms with Crippen molar-refractivity contribution in [3.63, 3.8) is 0 Å². The first kappa shape index (κ1) is 15.6. The molecule has 1 aromatic heterocycles. The Morgan fingerprint density at radius 2 is 1.56 bits per heavy atom. The Labute approximate surface area is 146 Å². The molecule has 124 valence electrons. The highest BCUT2D eigenvalue weighted by Crippen LogP contribution is 2.31. The maximum atomic E-state index is 12.8. The van der Waals surface area contributed by atoms with Crippen LogP contribution in [0.1, 0.15) is 5.56 Å². The van der Waals surface area contributed by atoms with Crippen LogP contribution in [0.3, 0.4) is 0 Å². The van der Waals surface area contributed by atoms with E-state index in [0.29, 0.717) is 5.69 Å². The molecular formula is C20H16N2O2S. The van der Waals surface area contributed by atoms with Crippen LogP contribution in [-0.2, 0) is 10.0 Å². The molecular weight excluding hydrogens is 332 g/mol. The lowest BCUT2D eigenvalue weighted by atomic mass is 10.0. The van der Waals surface area contributed by atoms with Crippen LogP contribution in [0.15, 0.2) is 77.8 Å². The van der Waals surface area contributed by atoms with Crippen LogP contribution >= 0.6 is 0 Å². The molecule has 0 aliphatic heterocycles. The van der Waals surface area contributed by atoms with Crippen LogP contribution in [0.5, 0.6) is 0 Å². The number of nitrogens with one attached hydrogen (secondary N) is 1. The fraction of sp³-hybridized carbons (Fsp3) is 0.0500. The standard InChI is InChI=1S/C20H16N2O2S/c1-14-7-11-17(12-8-14)25(23,24)22-18-6-2-4-15-9-10-16-5-3-13-21-20(16)19(15)18/h2-13,22H,1H3. The van der Waals surface area contributed by atoms with Gasteiger partial charge in [0, 0.05) is 17.0 Å². The summed E-state index contributed by atoms with van der Waals surface area (Å²) in [5, 5.41) is 2.71. The summed E-state index contributed by atoms with van der Waals surface area (Å²) < 4.78 is 28.2. The van der Waals surface area contributed by atoms with Crippen molar-refractivity contribution in [2.45, 2.75) is 11.8 Å². The zero-order chi connectivity index (χ0) is 17.4. The highest BCUT2D eigenvalue weighted by molar-refractivity contribution is 7.92. The predicted octanol–water partition coefficient (Wildman–Crippen LogP) is 4.50. The molecule has 1 heterocycles. The molecule has 0 aliphatic carbocycles. The summed E-state index contributed by atoms with van der Waals surface area (Å²) in [5.74, 6) is 0. The van der Waals surface area contributed by atoms with Gasteiger partial charge in [-0.25, -0.2) is 8.42 Å². The molecule has 4 rings (SSSR count). The van der Waals surface area contributed by atoms with E-state index in [-0.39, 0.29) is 4.90 Å². The van der Waals surface area contributed by atoms with E-state index in [2.05, 4.69) is 9.71 Å². The van der Waals surface area contributed by atoms with Crippen molar-refractivity contribution in [3.05, 3.63) is 78.5 Å². The summed E-state index contributed by atoms with van der Waals surface area (Å²) in [7, 11) is -3.67. The van der Waals surface area contributed by atoms with Crippen LogP contribution in [0.4, 0.5) is 5.69 Å². The van der Waals surface area contributed by atoms with Crippen LogP contribution in [0.2, 0.25) is 0 Å².